The Labute approximate surface area is 195 Å². The number of carbonyl (C=O) groups excluding carboxylic acids is 1. The fourth-order valence-corrected chi connectivity index (χ4v) is 5.76. The summed E-state index contributed by atoms with van der Waals surface area (Å²) in [7, 11) is 0. The fraction of sp³-hybridized carbons (Fsp3) is 0.545. The molecule has 3 N–H and O–H groups in total. The van der Waals surface area contributed by atoms with Gasteiger partial charge in [0.25, 0.3) is 0 Å². The molecule has 0 spiro atoms. The lowest BCUT2D eigenvalue weighted by molar-refractivity contribution is -0.117. The Morgan fingerprint density at radius 3 is 2.88 bits per heavy atom. The van der Waals surface area contributed by atoms with Crippen LogP contribution in [-0.4, -0.2) is 48.9 Å². The molecule has 1 saturated heterocycles. The van der Waals surface area contributed by atoms with Crippen molar-refractivity contribution < 1.29 is 4.79 Å². The van der Waals surface area contributed by atoms with Crippen LogP contribution in [0.3, 0.4) is 0 Å². The molecule has 33 heavy (non-hydrogen) atoms. The Morgan fingerprint density at radius 1 is 1.12 bits per heavy atom. The number of aromatic nitrogens is 6. The van der Waals surface area contributed by atoms with Crippen molar-refractivity contribution in [2.24, 2.45) is 0 Å². The standard InChI is InChI=1S/C22H27N9OS/c32-20(27-22-30-23-12-33-22)17-9-4-10-31(17)21-24-15-8-3-7-14(15)19(26-21)25-18-11-16(28-29-18)13-5-1-2-6-13/h11-13,17H,1-10H2,(H,27,30,32)(H2,24,25,26,28,29)/t17-/m1/s1. The van der Waals surface area contributed by atoms with Crippen LogP contribution in [0.5, 0.6) is 0 Å². The van der Waals surface area contributed by atoms with Crippen LogP contribution < -0.4 is 15.5 Å². The normalized spacial score (nSPS) is 20.4. The molecular formula is C22H27N9OS. The number of aromatic amines is 1. The van der Waals surface area contributed by atoms with E-state index in [-0.39, 0.29) is 11.9 Å². The minimum absolute atomic E-state index is 0.0867. The quantitative estimate of drug-likeness (QED) is 0.505. The number of hydrogen-bond acceptors (Lipinski definition) is 9. The van der Waals surface area contributed by atoms with E-state index in [1.54, 1.807) is 5.51 Å². The molecule has 0 radical (unpaired) electrons. The highest BCUT2D eigenvalue weighted by Gasteiger charge is 2.34. The number of anilines is 4. The maximum atomic E-state index is 12.9. The van der Waals surface area contributed by atoms with Crippen molar-refractivity contribution in [2.45, 2.75) is 69.7 Å². The van der Waals surface area contributed by atoms with Gasteiger partial charge >= 0.3 is 0 Å². The number of nitrogens with zero attached hydrogens (tertiary/aromatic N) is 6. The first kappa shape index (κ1) is 20.5. The lowest BCUT2D eigenvalue weighted by atomic mass is 10.0. The fourth-order valence-electron chi connectivity index (χ4n) is 5.31. The molecule has 1 saturated carbocycles. The number of H-pyrrole nitrogens is 1. The third-order valence-electron chi connectivity index (χ3n) is 6.96. The monoisotopic (exact) mass is 465 g/mol. The summed E-state index contributed by atoms with van der Waals surface area (Å²) in [4.78, 5) is 24.7. The Hall–Kier alpha value is -3.08. The van der Waals surface area contributed by atoms with Crippen LogP contribution in [0.15, 0.2) is 11.6 Å². The molecule has 4 heterocycles. The maximum absolute atomic E-state index is 12.9. The van der Waals surface area contributed by atoms with Gasteiger partial charge in [0.15, 0.2) is 5.82 Å². The molecule has 3 aromatic heterocycles. The molecule has 11 heteroatoms. The average molecular weight is 466 g/mol. The van der Waals surface area contributed by atoms with E-state index in [0.717, 1.165) is 56.0 Å². The molecule has 3 aliphatic rings. The Morgan fingerprint density at radius 2 is 2.03 bits per heavy atom. The topological polar surface area (TPSA) is 125 Å². The molecule has 0 aromatic carbocycles. The first-order valence-electron chi connectivity index (χ1n) is 11.8. The lowest BCUT2D eigenvalue weighted by Crippen LogP contribution is -2.40. The van der Waals surface area contributed by atoms with Crippen molar-refractivity contribution in [2.75, 3.05) is 22.1 Å². The molecule has 0 unspecified atom stereocenters. The minimum atomic E-state index is -0.319. The van der Waals surface area contributed by atoms with E-state index >= 15 is 0 Å². The highest BCUT2D eigenvalue weighted by Crippen LogP contribution is 2.35. The van der Waals surface area contributed by atoms with Crippen LogP contribution in [0, 0.1) is 0 Å². The maximum Gasteiger partial charge on any atom is 0.249 e. The van der Waals surface area contributed by atoms with Gasteiger partial charge in [0.2, 0.25) is 17.0 Å². The Balaban J connectivity index is 1.25. The highest BCUT2D eigenvalue weighted by molar-refractivity contribution is 7.13. The number of carbonyl (C=O) groups is 1. The van der Waals surface area contributed by atoms with Gasteiger partial charge in [0, 0.05) is 29.8 Å². The van der Waals surface area contributed by atoms with E-state index in [1.807, 2.05) is 4.90 Å². The molecule has 2 aliphatic carbocycles. The molecule has 6 rings (SSSR count). The predicted octanol–water partition coefficient (Wildman–Crippen LogP) is 3.55. The number of fused-ring (bicyclic) bond motifs is 1. The van der Waals surface area contributed by atoms with Gasteiger partial charge < -0.3 is 10.2 Å². The van der Waals surface area contributed by atoms with E-state index in [1.165, 1.54) is 48.3 Å². The average Bonchev–Trinajstić information content (AvgIpc) is 3.64. The second-order valence-electron chi connectivity index (χ2n) is 9.05. The van der Waals surface area contributed by atoms with Gasteiger partial charge in [-0.25, -0.2) is 4.98 Å². The zero-order valence-electron chi connectivity index (χ0n) is 18.4. The van der Waals surface area contributed by atoms with Crippen LogP contribution in [-0.2, 0) is 17.6 Å². The molecule has 1 amide bonds. The number of nitrogens with one attached hydrogen (secondary N) is 3. The van der Waals surface area contributed by atoms with Gasteiger partial charge in [0.05, 0.1) is 5.69 Å². The van der Waals surface area contributed by atoms with Crippen LogP contribution in [0.25, 0.3) is 0 Å². The third kappa shape index (κ3) is 4.05. The van der Waals surface area contributed by atoms with E-state index in [9.17, 15) is 4.79 Å². The SMILES string of the molecule is O=C(Nc1nncs1)[C@H]1CCCN1c1nc2c(c(Nc3cc(C4CCCC4)[nH]n3)n1)CCC2. The van der Waals surface area contributed by atoms with E-state index in [4.69, 9.17) is 9.97 Å². The molecule has 10 nitrogen and oxygen atoms in total. The minimum Gasteiger partial charge on any atom is -0.329 e. The molecule has 1 atom stereocenters. The largest absolute Gasteiger partial charge is 0.329 e. The second kappa shape index (κ2) is 8.69. The van der Waals surface area contributed by atoms with Crippen LogP contribution >= 0.6 is 11.3 Å². The lowest BCUT2D eigenvalue weighted by Gasteiger charge is -2.24. The van der Waals surface area contributed by atoms with E-state index < -0.39 is 0 Å². The smallest absolute Gasteiger partial charge is 0.249 e. The first-order chi connectivity index (χ1) is 16.2. The van der Waals surface area contributed by atoms with Crippen molar-refractivity contribution in [3.8, 4) is 0 Å². The van der Waals surface area contributed by atoms with Crippen molar-refractivity contribution in [3.05, 3.63) is 28.5 Å². The summed E-state index contributed by atoms with van der Waals surface area (Å²) in [5, 5.41) is 22.3. The number of rotatable bonds is 6. The van der Waals surface area contributed by atoms with Crippen LogP contribution in [0.1, 0.15) is 67.8 Å². The Kier molecular flexibility index (Phi) is 5.41. The Bertz CT molecular complexity index is 1140. The first-order valence-corrected chi connectivity index (χ1v) is 12.7. The number of amides is 1. The van der Waals surface area contributed by atoms with Crippen molar-refractivity contribution in [1.82, 2.24) is 30.4 Å². The highest BCUT2D eigenvalue weighted by atomic mass is 32.1. The summed E-state index contributed by atoms with van der Waals surface area (Å²) in [6, 6.07) is 1.80. The predicted molar refractivity (Wildman–Crippen MR) is 126 cm³/mol. The summed E-state index contributed by atoms with van der Waals surface area (Å²) >= 11 is 1.31. The molecular weight excluding hydrogens is 438 g/mol. The summed E-state index contributed by atoms with van der Waals surface area (Å²) < 4.78 is 0. The molecule has 1 aliphatic heterocycles. The zero-order valence-corrected chi connectivity index (χ0v) is 19.2. The van der Waals surface area contributed by atoms with Crippen molar-refractivity contribution in [1.29, 1.82) is 0 Å². The summed E-state index contributed by atoms with van der Waals surface area (Å²) in [6.07, 6.45) is 9.67. The van der Waals surface area contributed by atoms with Gasteiger partial charge in [-0.1, -0.05) is 24.2 Å². The summed E-state index contributed by atoms with van der Waals surface area (Å²) in [6.45, 7) is 0.751. The number of aryl methyl sites for hydroxylation is 1. The van der Waals surface area contributed by atoms with Crippen molar-refractivity contribution in [3.63, 3.8) is 0 Å². The van der Waals surface area contributed by atoms with Crippen LogP contribution in [0.4, 0.5) is 22.7 Å². The second-order valence-corrected chi connectivity index (χ2v) is 9.88. The number of hydrogen-bond donors (Lipinski definition) is 3. The van der Waals surface area contributed by atoms with Gasteiger partial charge in [-0.05, 0) is 44.9 Å². The molecule has 3 aromatic rings. The van der Waals surface area contributed by atoms with Gasteiger partial charge in [-0.3, -0.25) is 15.2 Å². The van der Waals surface area contributed by atoms with E-state index in [2.05, 4.69) is 37.1 Å². The van der Waals surface area contributed by atoms with Crippen molar-refractivity contribution >= 4 is 40.0 Å². The summed E-state index contributed by atoms with van der Waals surface area (Å²) in [5.74, 6) is 2.71. The molecule has 172 valence electrons. The van der Waals surface area contributed by atoms with E-state index in [0.29, 0.717) is 17.0 Å². The third-order valence-corrected chi connectivity index (χ3v) is 7.57. The summed E-state index contributed by atoms with van der Waals surface area (Å²) in [5.41, 5.74) is 5.05. The van der Waals surface area contributed by atoms with Crippen LogP contribution in [0.2, 0.25) is 0 Å². The molecule has 0 bridgehead atoms. The van der Waals surface area contributed by atoms with Gasteiger partial charge in [0.1, 0.15) is 17.4 Å². The van der Waals surface area contributed by atoms with Gasteiger partial charge in [-0.15, -0.1) is 10.2 Å². The molecule has 2 fully saturated rings. The van der Waals surface area contributed by atoms with Gasteiger partial charge in [-0.2, -0.15) is 10.1 Å². The zero-order chi connectivity index (χ0) is 22.2.